The van der Waals surface area contributed by atoms with Gasteiger partial charge < -0.3 is 10.8 Å². The van der Waals surface area contributed by atoms with Gasteiger partial charge in [-0.3, -0.25) is 0 Å². The second kappa shape index (κ2) is 5.58. The van der Waals surface area contributed by atoms with Crippen molar-refractivity contribution in [1.29, 1.82) is 0 Å². The highest BCUT2D eigenvalue weighted by Crippen LogP contribution is 2.25. The molecule has 0 aliphatic carbocycles. The molecule has 0 aliphatic rings. The van der Waals surface area contributed by atoms with Crippen molar-refractivity contribution in [2.45, 2.75) is 18.2 Å². The summed E-state index contributed by atoms with van der Waals surface area (Å²) in [5.74, 6) is -1.12. The lowest BCUT2D eigenvalue weighted by Crippen LogP contribution is -2.26. The maximum atomic E-state index is 11.8. The van der Waals surface area contributed by atoms with Crippen LogP contribution < -0.4 is 10.5 Å². The molecule has 8 heteroatoms. The molecule has 96 valence electrons. The van der Waals surface area contributed by atoms with Gasteiger partial charge >= 0.3 is 5.97 Å². The lowest BCUT2D eigenvalue weighted by Gasteiger charge is -2.04. The fraction of sp³-hybridized carbons (Fsp3) is 0.444. The summed E-state index contributed by atoms with van der Waals surface area (Å²) >= 11 is 0.945. The largest absolute Gasteiger partial charge is 0.477 e. The molecule has 0 bridgehead atoms. The third-order valence-corrected chi connectivity index (χ3v) is 4.80. The summed E-state index contributed by atoms with van der Waals surface area (Å²) in [6, 6.07) is 1.17. The van der Waals surface area contributed by atoms with Gasteiger partial charge in [-0.05, 0) is 26.0 Å². The van der Waals surface area contributed by atoms with Crippen LogP contribution in [0.3, 0.4) is 0 Å². The molecule has 0 atom stereocenters. The first-order valence-electron chi connectivity index (χ1n) is 4.92. The summed E-state index contributed by atoms with van der Waals surface area (Å²) in [4.78, 5) is 11.2. The van der Waals surface area contributed by atoms with E-state index in [4.69, 9.17) is 10.8 Å². The van der Waals surface area contributed by atoms with Crippen LogP contribution in [0.2, 0.25) is 0 Å². The molecular formula is C9H14N2O4S2. The Hall–Kier alpha value is -0.960. The minimum atomic E-state index is -3.63. The SMILES string of the molecule is Cc1sc(C(=O)O)cc1S(=O)(=O)NCCCN. The van der Waals surface area contributed by atoms with Gasteiger partial charge in [-0.1, -0.05) is 0 Å². The number of nitrogens with one attached hydrogen (secondary N) is 1. The van der Waals surface area contributed by atoms with Crippen LogP contribution in [0.5, 0.6) is 0 Å². The summed E-state index contributed by atoms with van der Waals surface area (Å²) in [5, 5.41) is 8.78. The Bertz CT molecular complexity index is 507. The molecular weight excluding hydrogens is 264 g/mol. The van der Waals surface area contributed by atoms with Crippen molar-refractivity contribution >= 4 is 27.3 Å². The Labute approximate surface area is 104 Å². The molecule has 0 aromatic carbocycles. The van der Waals surface area contributed by atoms with Gasteiger partial charge in [-0.2, -0.15) is 0 Å². The lowest BCUT2D eigenvalue weighted by molar-refractivity contribution is 0.0702. The first-order chi connectivity index (χ1) is 7.88. The molecule has 0 unspecified atom stereocenters. The van der Waals surface area contributed by atoms with Crippen molar-refractivity contribution in [3.63, 3.8) is 0 Å². The fourth-order valence-corrected chi connectivity index (χ4v) is 3.73. The predicted molar refractivity (Wildman–Crippen MR) is 64.9 cm³/mol. The molecule has 1 rings (SSSR count). The molecule has 0 aliphatic heterocycles. The number of sulfonamides is 1. The second-order valence-corrected chi connectivity index (χ2v) is 6.37. The van der Waals surface area contributed by atoms with E-state index in [2.05, 4.69) is 4.72 Å². The third kappa shape index (κ3) is 3.50. The van der Waals surface area contributed by atoms with E-state index in [1.165, 1.54) is 6.07 Å². The zero-order chi connectivity index (χ0) is 13.1. The molecule has 0 spiro atoms. The molecule has 0 saturated heterocycles. The van der Waals surface area contributed by atoms with Gasteiger partial charge in [0.25, 0.3) is 0 Å². The van der Waals surface area contributed by atoms with Crippen LogP contribution in [-0.4, -0.2) is 32.6 Å². The topological polar surface area (TPSA) is 109 Å². The monoisotopic (exact) mass is 278 g/mol. The van der Waals surface area contributed by atoms with E-state index < -0.39 is 16.0 Å². The maximum absolute atomic E-state index is 11.8. The van der Waals surface area contributed by atoms with Gasteiger partial charge in [0, 0.05) is 11.4 Å². The average molecular weight is 278 g/mol. The highest BCUT2D eigenvalue weighted by Gasteiger charge is 2.21. The van der Waals surface area contributed by atoms with Gasteiger partial charge in [0.1, 0.15) is 4.88 Å². The van der Waals surface area contributed by atoms with E-state index in [0.717, 1.165) is 11.3 Å². The van der Waals surface area contributed by atoms with Crippen molar-refractivity contribution in [3.8, 4) is 0 Å². The van der Waals surface area contributed by atoms with E-state index in [9.17, 15) is 13.2 Å². The van der Waals surface area contributed by atoms with Gasteiger partial charge in [0.2, 0.25) is 10.0 Å². The van der Waals surface area contributed by atoms with Crippen LogP contribution in [0.15, 0.2) is 11.0 Å². The number of carbonyl (C=O) groups is 1. The van der Waals surface area contributed by atoms with E-state index >= 15 is 0 Å². The summed E-state index contributed by atoms with van der Waals surface area (Å²) in [6.07, 6.45) is 0.536. The number of hydrogen-bond donors (Lipinski definition) is 3. The number of hydrogen-bond acceptors (Lipinski definition) is 5. The quantitative estimate of drug-likeness (QED) is 0.652. The van der Waals surface area contributed by atoms with Crippen molar-refractivity contribution in [3.05, 3.63) is 15.8 Å². The van der Waals surface area contributed by atoms with Crippen molar-refractivity contribution in [2.24, 2.45) is 5.73 Å². The molecule has 0 amide bonds. The number of carboxylic acid groups (broad SMARTS) is 1. The molecule has 0 saturated carbocycles. The number of carboxylic acids is 1. The van der Waals surface area contributed by atoms with E-state index in [1.807, 2.05) is 0 Å². The second-order valence-electron chi connectivity index (χ2n) is 3.38. The molecule has 0 radical (unpaired) electrons. The number of thiophene rings is 1. The number of rotatable bonds is 6. The molecule has 0 fully saturated rings. The highest BCUT2D eigenvalue weighted by molar-refractivity contribution is 7.89. The van der Waals surface area contributed by atoms with Crippen LogP contribution in [0.1, 0.15) is 21.0 Å². The van der Waals surface area contributed by atoms with E-state index in [1.54, 1.807) is 6.92 Å². The standard InChI is InChI=1S/C9H14N2O4S2/c1-6-8(5-7(16-6)9(12)13)17(14,15)11-4-2-3-10/h5,11H,2-4,10H2,1H3,(H,12,13). The van der Waals surface area contributed by atoms with Crippen molar-refractivity contribution < 1.29 is 18.3 Å². The molecule has 17 heavy (non-hydrogen) atoms. The zero-order valence-corrected chi connectivity index (χ0v) is 10.9. The van der Waals surface area contributed by atoms with Gasteiger partial charge in [0.15, 0.2) is 0 Å². The minimum absolute atomic E-state index is 0.0155. The number of nitrogens with two attached hydrogens (primary N) is 1. The maximum Gasteiger partial charge on any atom is 0.345 e. The van der Waals surface area contributed by atoms with E-state index in [-0.39, 0.29) is 16.3 Å². The molecule has 4 N–H and O–H groups in total. The van der Waals surface area contributed by atoms with Gasteiger partial charge in [-0.15, -0.1) is 11.3 Å². The average Bonchev–Trinajstić information content (AvgIpc) is 2.61. The highest BCUT2D eigenvalue weighted by atomic mass is 32.2. The Balaban J connectivity index is 2.95. The summed E-state index contributed by atoms with van der Waals surface area (Å²) < 4.78 is 26.0. The van der Waals surface area contributed by atoms with Crippen LogP contribution in [-0.2, 0) is 10.0 Å². The fourth-order valence-electron chi connectivity index (χ4n) is 1.22. The smallest absolute Gasteiger partial charge is 0.345 e. The zero-order valence-electron chi connectivity index (χ0n) is 9.26. The molecule has 6 nitrogen and oxygen atoms in total. The Morgan fingerprint density at radius 1 is 1.59 bits per heavy atom. The summed E-state index contributed by atoms with van der Waals surface area (Å²) in [7, 11) is -3.63. The van der Waals surface area contributed by atoms with Crippen LogP contribution in [0.25, 0.3) is 0 Å². The predicted octanol–water partition coefficient (Wildman–Crippen LogP) is 0.382. The normalized spacial score (nSPS) is 11.6. The van der Waals surface area contributed by atoms with Crippen LogP contribution in [0, 0.1) is 6.92 Å². The Morgan fingerprint density at radius 3 is 2.71 bits per heavy atom. The van der Waals surface area contributed by atoms with E-state index in [0.29, 0.717) is 17.8 Å². The molecule has 1 aromatic rings. The van der Waals surface area contributed by atoms with Crippen molar-refractivity contribution in [1.82, 2.24) is 4.72 Å². The number of aryl methyl sites for hydroxylation is 1. The van der Waals surface area contributed by atoms with Gasteiger partial charge in [-0.25, -0.2) is 17.9 Å². The summed E-state index contributed by atoms with van der Waals surface area (Å²) in [5.41, 5.74) is 5.26. The number of aromatic carboxylic acids is 1. The minimum Gasteiger partial charge on any atom is -0.477 e. The van der Waals surface area contributed by atoms with Gasteiger partial charge in [0.05, 0.1) is 4.90 Å². The van der Waals surface area contributed by atoms with Crippen molar-refractivity contribution in [2.75, 3.05) is 13.1 Å². The first-order valence-corrected chi connectivity index (χ1v) is 7.22. The molecule has 1 aromatic heterocycles. The summed E-state index contributed by atoms with van der Waals surface area (Å²) in [6.45, 7) is 2.22. The molecule has 1 heterocycles. The van der Waals surface area contributed by atoms with Crippen LogP contribution in [0.4, 0.5) is 0 Å². The first kappa shape index (κ1) is 14.1. The van der Waals surface area contributed by atoms with Crippen LogP contribution >= 0.6 is 11.3 Å². The Kier molecular flexibility index (Phi) is 4.63. The third-order valence-electron chi connectivity index (χ3n) is 2.05. The Morgan fingerprint density at radius 2 is 2.24 bits per heavy atom. The lowest BCUT2D eigenvalue weighted by atomic mass is 10.4.